The first-order valence-electron chi connectivity index (χ1n) is 5.95. The fourth-order valence-corrected chi connectivity index (χ4v) is 1.88. The van der Waals surface area contributed by atoms with Gasteiger partial charge in [0, 0.05) is 18.3 Å². The SMILES string of the molecule is CC(N)c1ccc(NC(=O)C2CCCO2)cc1.Cl. The van der Waals surface area contributed by atoms with Crippen LogP contribution in [0.1, 0.15) is 31.4 Å². The van der Waals surface area contributed by atoms with Crippen LogP contribution in [0.15, 0.2) is 24.3 Å². The summed E-state index contributed by atoms with van der Waals surface area (Å²) < 4.78 is 5.32. The van der Waals surface area contributed by atoms with Crippen LogP contribution in [-0.4, -0.2) is 18.6 Å². The van der Waals surface area contributed by atoms with Gasteiger partial charge in [-0.1, -0.05) is 12.1 Å². The minimum Gasteiger partial charge on any atom is -0.368 e. The number of rotatable bonds is 3. The average molecular weight is 271 g/mol. The molecule has 3 N–H and O–H groups in total. The summed E-state index contributed by atoms with van der Waals surface area (Å²) in [6.07, 6.45) is 1.48. The first-order valence-corrected chi connectivity index (χ1v) is 5.95. The quantitative estimate of drug-likeness (QED) is 0.885. The van der Waals surface area contributed by atoms with E-state index in [4.69, 9.17) is 10.5 Å². The molecular weight excluding hydrogens is 252 g/mol. The Labute approximate surface area is 113 Å². The lowest BCUT2D eigenvalue weighted by molar-refractivity contribution is -0.124. The Morgan fingerprint density at radius 2 is 2.11 bits per heavy atom. The Bertz CT molecular complexity index is 386. The van der Waals surface area contributed by atoms with Crippen molar-refractivity contribution in [3.05, 3.63) is 29.8 Å². The molecule has 0 aromatic heterocycles. The van der Waals surface area contributed by atoms with Crippen molar-refractivity contribution in [2.24, 2.45) is 5.73 Å². The minimum atomic E-state index is -0.289. The number of nitrogens with one attached hydrogen (secondary N) is 1. The molecule has 1 saturated heterocycles. The van der Waals surface area contributed by atoms with Gasteiger partial charge in [-0.25, -0.2) is 0 Å². The zero-order valence-electron chi connectivity index (χ0n) is 10.4. The smallest absolute Gasteiger partial charge is 0.253 e. The lowest BCUT2D eigenvalue weighted by Gasteiger charge is -2.11. The van der Waals surface area contributed by atoms with Gasteiger partial charge in [0.15, 0.2) is 0 Å². The molecule has 1 amide bonds. The normalized spacial score (nSPS) is 20.0. The largest absolute Gasteiger partial charge is 0.368 e. The molecule has 100 valence electrons. The zero-order valence-corrected chi connectivity index (χ0v) is 11.2. The molecule has 2 rings (SSSR count). The highest BCUT2D eigenvalue weighted by Gasteiger charge is 2.23. The van der Waals surface area contributed by atoms with Crippen molar-refractivity contribution in [2.75, 3.05) is 11.9 Å². The molecule has 1 aromatic rings. The van der Waals surface area contributed by atoms with Crippen LogP contribution < -0.4 is 11.1 Å². The van der Waals surface area contributed by atoms with Crippen molar-refractivity contribution in [1.29, 1.82) is 0 Å². The molecule has 0 bridgehead atoms. The van der Waals surface area contributed by atoms with Gasteiger partial charge in [-0.05, 0) is 37.5 Å². The molecule has 1 aliphatic heterocycles. The summed E-state index contributed by atoms with van der Waals surface area (Å²) in [5, 5.41) is 2.85. The Kier molecular flexibility index (Phi) is 5.59. The summed E-state index contributed by atoms with van der Waals surface area (Å²) in [5.74, 6) is -0.0592. The van der Waals surface area contributed by atoms with E-state index in [9.17, 15) is 4.79 Å². The maximum atomic E-state index is 11.8. The first kappa shape index (κ1) is 15.0. The van der Waals surface area contributed by atoms with Crippen LogP contribution in [0.25, 0.3) is 0 Å². The van der Waals surface area contributed by atoms with Crippen LogP contribution in [0.3, 0.4) is 0 Å². The molecule has 1 heterocycles. The first-order chi connectivity index (χ1) is 8.16. The Morgan fingerprint density at radius 1 is 1.44 bits per heavy atom. The topological polar surface area (TPSA) is 64.3 Å². The van der Waals surface area contributed by atoms with Gasteiger partial charge in [-0.15, -0.1) is 12.4 Å². The summed E-state index contributed by atoms with van der Waals surface area (Å²) in [6.45, 7) is 2.61. The average Bonchev–Trinajstić information content (AvgIpc) is 2.83. The van der Waals surface area contributed by atoms with Crippen LogP contribution in [0.2, 0.25) is 0 Å². The van der Waals surface area contributed by atoms with E-state index in [2.05, 4.69) is 5.32 Å². The maximum Gasteiger partial charge on any atom is 0.253 e. The summed E-state index contributed by atoms with van der Waals surface area (Å²) in [6, 6.07) is 7.60. The van der Waals surface area contributed by atoms with Gasteiger partial charge in [0.05, 0.1) is 0 Å². The van der Waals surface area contributed by atoms with Crippen LogP contribution in [-0.2, 0) is 9.53 Å². The molecule has 0 spiro atoms. The van der Waals surface area contributed by atoms with E-state index in [1.165, 1.54) is 0 Å². The van der Waals surface area contributed by atoms with E-state index in [1.54, 1.807) is 0 Å². The van der Waals surface area contributed by atoms with Crippen LogP contribution in [0.5, 0.6) is 0 Å². The van der Waals surface area contributed by atoms with Crippen LogP contribution in [0.4, 0.5) is 5.69 Å². The number of hydrogen-bond acceptors (Lipinski definition) is 3. The van der Waals surface area contributed by atoms with E-state index in [0.29, 0.717) is 6.61 Å². The second-order valence-corrected chi connectivity index (χ2v) is 4.40. The van der Waals surface area contributed by atoms with Gasteiger partial charge in [0.2, 0.25) is 0 Å². The van der Waals surface area contributed by atoms with E-state index < -0.39 is 0 Å². The molecule has 0 saturated carbocycles. The molecule has 4 nitrogen and oxygen atoms in total. The highest BCUT2D eigenvalue weighted by molar-refractivity contribution is 5.94. The number of carbonyl (C=O) groups excluding carboxylic acids is 1. The second-order valence-electron chi connectivity index (χ2n) is 4.40. The molecule has 2 unspecified atom stereocenters. The highest BCUT2D eigenvalue weighted by atomic mass is 35.5. The van der Waals surface area contributed by atoms with Gasteiger partial charge in [0.1, 0.15) is 6.10 Å². The molecule has 1 aliphatic rings. The van der Waals surface area contributed by atoms with E-state index in [-0.39, 0.29) is 30.5 Å². The Hall–Kier alpha value is -1.10. The summed E-state index contributed by atoms with van der Waals surface area (Å²) in [4.78, 5) is 11.8. The monoisotopic (exact) mass is 270 g/mol. The number of hydrogen-bond donors (Lipinski definition) is 2. The number of benzene rings is 1. The molecular formula is C13H19ClN2O2. The number of nitrogens with two attached hydrogens (primary N) is 1. The number of anilines is 1. The van der Waals surface area contributed by atoms with Crippen molar-refractivity contribution in [2.45, 2.75) is 31.9 Å². The van der Waals surface area contributed by atoms with Gasteiger partial charge < -0.3 is 15.8 Å². The minimum absolute atomic E-state index is 0. The number of halogens is 1. The molecule has 18 heavy (non-hydrogen) atoms. The third-order valence-corrected chi connectivity index (χ3v) is 2.93. The predicted molar refractivity (Wildman–Crippen MR) is 73.9 cm³/mol. The molecule has 5 heteroatoms. The molecule has 1 aromatic carbocycles. The third kappa shape index (κ3) is 3.70. The summed E-state index contributed by atoms with van der Waals surface area (Å²) in [5.41, 5.74) is 7.60. The molecule has 0 radical (unpaired) electrons. The summed E-state index contributed by atoms with van der Waals surface area (Å²) >= 11 is 0. The van der Waals surface area contributed by atoms with Gasteiger partial charge in [-0.2, -0.15) is 0 Å². The number of ether oxygens (including phenoxy) is 1. The van der Waals surface area contributed by atoms with E-state index in [0.717, 1.165) is 24.1 Å². The van der Waals surface area contributed by atoms with Gasteiger partial charge in [-0.3, -0.25) is 4.79 Å². The number of carbonyl (C=O) groups is 1. The Balaban J connectivity index is 0.00000162. The van der Waals surface area contributed by atoms with Crippen molar-refractivity contribution in [3.63, 3.8) is 0 Å². The van der Waals surface area contributed by atoms with Crippen LogP contribution in [0, 0.1) is 0 Å². The zero-order chi connectivity index (χ0) is 12.3. The lowest BCUT2D eigenvalue weighted by atomic mass is 10.1. The fraction of sp³-hybridized carbons (Fsp3) is 0.462. The standard InChI is InChI=1S/C13H18N2O2.ClH/c1-9(14)10-4-6-11(7-5-10)15-13(16)12-3-2-8-17-12;/h4-7,9,12H,2-3,8,14H2,1H3,(H,15,16);1H. The molecule has 1 fully saturated rings. The van der Waals surface area contributed by atoms with Crippen molar-refractivity contribution >= 4 is 24.0 Å². The van der Waals surface area contributed by atoms with Crippen molar-refractivity contribution in [3.8, 4) is 0 Å². The fourth-order valence-electron chi connectivity index (χ4n) is 1.88. The Morgan fingerprint density at radius 3 is 2.61 bits per heavy atom. The van der Waals surface area contributed by atoms with E-state index >= 15 is 0 Å². The maximum absolute atomic E-state index is 11.8. The third-order valence-electron chi connectivity index (χ3n) is 2.93. The van der Waals surface area contributed by atoms with Crippen molar-refractivity contribution < 1.29 is 9.53 Å². The van der Waals surface area contributed by atoms with Crippen molar-refractivity contribution in [1.82, 2.24) is 0 Å². The lowest BCUT2D eigenvalue weighted by Crippen LogP contribution is -2.26. The number of amides is 1. The predicted octanol–water partition coefficient (Wildman–Crippen LogP) is 2.25. The van der Waals surface area contributed by atoms with E-state index in [1.807, 2.05) is 31.2 Å². The molecule has 0 aliphatic carbocycles. The molecule has 2 atom stereocenters. The summed E-state index contributed by atoms with van der Waals surface area (Å²) in [7, 11) is 0. The second kappa shape index (κ2) is 6.73. The van der Waals surface area contributed by atoms with Gasteiger partial charge >= 0.3 is 0 Å². The van der Waals surface area contributed by atoms with Crippen LogP contribution >= 0.6 is 12.4 Å². The van der Waals surface area contributed by atoms with Gasteiger partial charge in [0.25, 0.3) is 5.91 Å². The highest BCUT2D eigenvalue weighted by Crippen LogP contribution is 2.17.